The lowest BCUT2D eigenvalue weighted by Crippen LogP contribution is -2.40. The van der Waals surface area contributed by atoms with Crippen LogP contribution in [0.25, 0.3) is 0 Å². The van der Waals surface area contributed by atoms with Gasteiger partial charge in [-0.1, -0.05) is 6.07 Å². The molecule has 0 radical (unpaired) electrons. The van der Waals surface area contributed by atoms with Crippen LogP contribution in [0.5, 0.6) is 0 Å². The van der Waals surface area contributed by atoms with Crippen molar-refractivity contribution in [1.29, 1.82) is 0 Å². The molecule has 0 aromatic heterocycles. The number of anilines is 1. The zero-order chi connectivity index (χ0) is 13.7. The first kappa shape index (κ1) is 14.0. The monoisotopic (exact) mass is 255 g/mol. The third-order valence-corrected chi connectivity index (χ3v) is 2.53. The number of rotatable bonds is 6. The number of carboxylic acid groups (broad SMARTS) is 2. The second kappa shape index (κ2) is 6.00. The van der Waals surface area contributed by atoms with Gasteiger partial charge in [-0.15, -0.1) is 0 Å². The van der Waals surface area contributed by atoms with Crippen LogP contribution < -0.4 is 4.90 Å². The van der Waals surface area contributed by atoms with E-state index in [1.807, 2.05) is 0 Å². The van der Waals surface area contributed by atoms with Gasteiger partial charge in [0.2, 0.25) is 0 Å². The van der Waals surface area contributed by atoms with E-state index in [4.69, 9.17) is 10.2 Å². The molecule has 1 atom stereocenters. The Balaban J connectivity index is 2.96. The number of aliphatic carboxylic acids is 2. The fourth-order valence-corrected chi connectivity index (χ4v) is 1.55. The van der Waals surface area contributed by atoms with Crippen LogP contribution in [0.4, 0.5) is 10.1 Å². The van der Waals surface area contributed by atoms with Crippen molar-refractivity contribution in [3.63, 3.8) is 0 Å². The van der Waals surface area contributed by atoms with Crippen LogP contribution in [0, 0.1) is 5.82 Å². The summed E-state index contributed by atoms with van der Waals surface area (Å²) in [7, 11) is 0. The van der Waals surface area contributed by atoms with Crippen LogP contribution in [0.2, 0.25) is 0 Å². The number of carboxylic acids is 2. The van der Waals surface area contributed by atoms with Crippen LogP contribution in [0.15, 0.2) is 24.3 Å². The van der Waals surface area contributed by atoms with Gasteiger partial charge in [-0.25, -0.2) is 9.18 Å². The van der Waals surface area contributed by atoms with Crippen LogP contribution in [-0.4, -0.2) is 34.7 Å². The fourth-order valence-electron chi connectivity index (χ4n) is 1.55. The highest BCUT2D eigenvalue weighted by molar-refractivity contribution is 5.78. The Hall–Kier alpha value is -2.11. The van der Waals surface area contributed by atoms with Gasteiger partial charge in [-0.3, -0.25) is 4.79 Å². The molecule has 1 aromatic rings. The number of nitrogens with zero attached hydrogens (tertiary/aromatic N) is 1. The smallest absolute Gasteiger partial charge is 0.326 e. The number of halogens is 1. The maximum Gasteiger partial charge on any atom is 0.326 e. The Morgan fingerprint density at radius 1 is 1.39 bits per heavy atom. The van der Waals surface area contributed by atoms with Gasteiger partial charge in [0.05, 0.1) is 6.42 Å². The molecular weight excluding hydrogens is 241 g/mol. The molecule has 2 N–H and O–H groups in total. The SMILES string of the molecule is CC(C(=O)O)N(CCC(=O)O)c1cccc(F)c1. The van der Waals surface area contributed by atoms with Crippen LogP contribution in [0.3, 0.4) is 0 Å². The number of hydrogen-bond acceptors (Lipinski definition) is 3. The summed E-state index contributed by atoms with van der Waals surface area (Å²) < 4.78 is 13.1. The van der Waals surface area contributed by atoms with E-state index in [2.05, 4.69) is 0 Å². The standard InChI is InChI=1S/C12H14FNO4/c1-8(12(17)18)14(6-5-11(15)16)10-4-2-3-9(13)7-10/h2-4,7-8H,5-6H2,1H3,(H,15,16)(H,17,18). The zero-order valence-corrected chi connectivity index (χ0v) is 9.84. The summed E-state index contributed by atoms with van der Waals surface area (Å²) in [4.78, 5) is 22.9. The van der Waals surface area contributed by atoms with Crippen molar-refractivity contribution in [3.05, 3.63) is 30.1 Å². The molecule has 0 bridgehead atoms. The summed E-state index contributed by atoms with van der Waals surface area (Å²) in [6, 6.07) is 4.49. The van der Waals surface area contributed by atoms with Crippen molar-refractivity contribution in [3.8, 4) is 0 Å². The summed E-state index contributed by atoms with van der Waals surface area (Å²) >= 11 is 0. The lowest BCUT2D eigenvalue weighted by atomic mass is 10.2. The number of carbonyl (C=O) groups is 2. The fraction of sp³-hybridized carbons (Fsp3) is 0.333. The lowest BCUT2D eigenvalue weighted by Gasteiger charge is -2.28. The molecule has 5 nitrogen and oxygen atoms in total. The molecule has 1 rings (SSSR count). The Morgan fingerprint density at radius 3 is 2.56 bits per heavy atom. The normalized spacial score (nSPS) is 11.9. The van der Waals surface area contributed by atoms with Crippen molar-refractivity contribution < 1.29 is 24.2 Å². The molecule has 0 saturated heterocycles. The summed E-state index contributed by atoms with van der Waals surface area (Å²) in [5.41, 5.74) is 0.353. The largest absolute Gasteiger partial charge is 0.481 e. The Labute approximate surface area is 103 Å². The number of benzene rings is 1. The maximum absolute atomic E-state index is 13.1. The first-order valence-electron chi connectivity index (χ1n) is 5.38. The average Bonchev–Trinajstić information content (AvgIpc) is 2.28. The zero-order valence-electron chi connectivity index (χ0n) is 9.84. The highest BCUT2D eigenvalue weighted by Crippen LogP contribution is 2.18. The maximum atomic E-state index is 13.1. The van der Waals surface area contributed by atoms with Gasteiger partial charge in [0.25, 0.3) is 0 Å². The van der Waals surface area contributed by atoms with Gasteiger partial charge in [0.15, 0.2) is 0 Å². The van der Waals surface area contributed by atoms with Crippen LogP contribution in [-0.2, 0) is 9.59 Å². The van der Waals surface area contributed by atoms with E-state index in [-0.39, 0.29) is 13.0 Å². The van der Waals surface area contributed by atoms with Crippen molar-refractivity contribution in [2.75, 3.05) is 11.4 Å². The van der Waals surface area contributed by atoms with Gasteiger partial charge in [0, 0.05) is 12.2 Å². The Morgan fingerprint density at radius 2 is 2.06 bits per heavy atom. The van der Waals surface area contributed by atoms with Gasteiger partial charge >= 0.3 is 11.9 Å². The summed E-state index contributed by atoms with van der Waals surface area (Å²) in [6.45, 7) is 1.43. The van der Waals surface area contributed by atoms with E-state index in [9.17, 15) is 14.0 Å². The predicted molar refractivity (Wildman–Crippen MR) is 63.1 cm³/mol. The minimum absolute atomic E-state index is 0.00620. The highest BCUT2D eigenvalue weighted by atomic mass is 19.1. The lowest BCUT2D eigenvalue weighted by molar-refractivity contribution is -0.139. The minimum Gasteiger partial charge on any atom is -0.481 e. The quantitative estimate of drug-likeness (QED) is 0.807. The van der Waals surface area contributed by atoms with Crippen molar-refractivity contribution >= 4 is 17.6 Å². The summed E-state index contributed by atoms with van der Waals surface area (Å²) in [5, 5.41) is 17.6. The van der Waals surface area contributed by atoms with Crippen molar-refractivity contribution in [2.24, 2.45) is 0 Å². The van der Waals surface area contributed by atoms with Gasteiger partial charge < -0.3 is 15.1 Å². The molecule has 0 heterocycles. The topological polar surface area (TPSA) is 77.8 Å². The van der Waals surface area contributed by atoms with E-state index in [1.54, 1.807) is 6.07 Å². The Kier molecular flexibility index (Phi) is 4.65. The van der Waals surface area contributed by atoms with E-state index in [0.29, 0.717) is 5.69 Å². The number of hydrogen-bond donors (Lipinski definition) is 2. The minimum atomic E-state index is -1.09. The summed E-state index contributed by atoms with van der Waals surface area (Å²) in [5.74, 6) is -2.62. The van der Waals surface area contributed by atoms with E-state index in [1.165, 1.54) is 30.0 Å². The molecule has 6 heteroatoms. The van der Waals surface area contributed by atoms with E-state index >= 15 is 0 Å². The molecule has 0 spiro atoms. The third kappa shape index (κ3) is 3.73. The summed E-state index contributed by atoms with van der Waals surface area (Å²) in [6.07, 6.45) is -0.214. The first-order valence-corrected chi connectivity index (χ1v) is 5.38. The van der Waals surface area contributed by atoms with E-state index < -0.39 is 23.8 Å². The van der Waals surface area contributed by atoms with Gasteiger partial charge in [-0.05, 0) is 25.1 Å². The molecule has 0 fully saturated rings. The molecule has 1 aromatic carbocycles. The molecule has 0 aliphatic rings. The van der Waals surface area contributed by atoms with Crippen molar-refractivity contribution in [1.82, 2.24) is 0 Å². The second-order valence-electron chi connectivity index (χ2n) is 3.83. The van der Waals surface area contributed by atoms with E-state index in [0.717, 1.165) is 0 Å². The molecule has 0 saturated carbocycles. The molecule has 0 amide bonds. The molecule has 98 valence electrons. The average molecular weight is 255 g/mol. The van der Waals surface area contributed by atoms with Crippen molar-refractivity contribution in [2.45, 2.75) is 19.4 Å². The van der Waals surface area contributed by atoms with Crippen LogP contribution >= 0.6 is 0 Å². The molecule has 0 aliphatic heterocycles. The third-order valence-electron chi connectivity index (χ3n) is 2.53. The molecular formula is C12H14FNO4. The van der Waals surface area contributed by atoms with Gasteiger partial charge in [0.1, 0.15) is 11.9 Å². The molecule has 18 heavy (non-hydrogen) atoms. The second-order valence-corrected chi connectivity index (χ2v) is 3.83. The predicted octanol–water partition coefficient (Wildman–Crippen LogP) is 1.58. The van der Waals surface area contributed by atoms with Gasteiger partial charge in [-0.2, -0.15) is 0 Å². The molecule has 1 unspecified atom stereocenters. The Bertz CT molecular complexity index is 449. The first-order chi connectivity index (χ1) is 8.41. The molecule has 0 aliphatic carbocycles. The van der Waals surface area contributed by atoms with Crippen LogP contribution in [0.1, 0.15) is 13.3 Å². The highest BCUT2D eigenvalue weighted by Gasteiger charge is 2.21.